The fourth-order valence-corrected chi connectivity index (χ4v) is 3.25. The zero-order chi connectivity index (χ0) is 20.0. The van der Waals surface area contributed by atoms with Crippen molar-refractivity contribution in [2.24, 2.45) is 0 Å². The molecular weight excluding hydrogens is 386 g/mol. The Hall–Kier alpha value is -2.89. The van der Waals surface area contributed by atoms with Crippen LogP contribution >= 0.6 is 0 Å². The van der Waals surface area contributed by atoms with Crippen molar-refractivity contribution in [1.29, 1.82) is 0 Å². The Balaban J connectivity index is 2.28. The zero-order valence-corrected chi connectivity index (χ0v) is 14.4. The van der Waals surface area contributed by atoms with Crippen LogP contribution < -0.4 is 14.0 Å². The molecule has 1 heterocycles. The second-order valence-corrected chi connectivity index (χ2v) is 6.57. The lowest BCUT2D eigenvalue weighted by molar-refractivity contribution is -1.92. The van der Waals surface area contributed by atoms with Gasteiger partial charge < -0.3 is 14.9 Å². The quantitative estimate of drug-likeness (QED) is 0.392. The molecule has 10 nitrogen and oxygen atoms in total. The van der Waals surface area contributed by atoms with E-state index in [1.807, 2.05) is 0 Å². The van der Waals surface area contributed by atoms with Crippen molar-refractivity contribution in [3.8, 4) is 11.5 Å². The molecule has 0 fully saturated rings. The van der Waals surface area contributed by atoms with Crippen molar-refractivity contribution in [3.05, 3.63) is 69.0 Å². The highest BCUT2D eigenvalue weighted by molar-refractivity contribution is 5.65. The van der Waals surface area contributed by atoms with E-state index in [2.05, 4.69) is 0 Å². The molecule has 142 valence electrons. The van der Waals surface area contributed by atoms with E-state index < -0.39 is 32.5 Å². The molecule has 0 radical (unpaired) electrons. The molecule has 1 unspecified atom stereocenters. The Bertz CT molecular complexity index is 936. The van der Waals surface area contributed by atoms with Crippen molar-refractivity contribution in [3.63, 3.8) is 0 Å². The van der Waals surface area contributed by atoms with Gasteiger partial charge in [0.25, 0.3) is 5.69 Å². The van der Waals surface area contributed by atoms with Gasteiger partial charge in [0.05, 0.1) is 26.5 Å². The Kier molecular flexibility index (Phi) is 4.46. The summed E-state index contributed by atoms with van der Waals surface area (Å²) >= 11 is 0. The molecule has 0 spiro atoms. The highest BCUT2D eigenvalue weighted by Crippen LogP contribution is 2.47. The first-order valence-corrected chi connectivity index (χ1v) is 8.55. The first kappa shape index (κ1) is 18.9. The molecule has 2 N–H and O–H groups in total. The normalized spacial score (nSPS) is 19.0. The van der Waals surface area contributed by atoms with Crippen LogP contribution in [0.3, 0.4) is 0 Å². The fourth-order valence-electron chi connectivity index (χ4n) is 2.78. The van der Waals surface area contributed by atoms with Gasteiger partial charge in [0.15, 0.2) is 11.5 Å². The average molecular weight is 398 g/mol. The molecule has 0 saturated carbocycles. The Morgan fingerprint density at radius 1 is 1.11 bits per heavy atom. The van der Waals surface area contributed by atoms with E-state index in [1.165, 1.54) is 13.0 Å². The lowest BCUT2D eigenvalue weighted by Gasteiger charge is -2.34. The lowest BCUT2D eigenvalue weighted by atomic mass is 9.90. The van der Waals surface area contributed by atoms with Crippen molar-refractivity contribution >= 4 is 11.8 Å². The molecule has 3 rings (SSSR count). The lowest BCUT2D eigenvalue weighted by Crippen LogP contribution is -2.64. The summed E-state index contributed by atoms with van der Waals surface area (Å²) in [5.41, 5.74) is -0.220. The summed E-state index contributed by atoms with van der Waals surface area (Å²) < 4.78 is 44.4. The van der Waals surface area contributed by atoms with Crippen molar-refractivity contribution in [1.82, 2.24) is 0 Å². The van der Waals surface area contributed by atoms with Crippen LogP contribution in [0, 0.1) is 20.4 Å². The molecule has 11 heteroatoms. The van der Waals surface area contributed by atoms with Crippen molar-refractivity contribution < 1.29 is 48.4 Å². The van der Waals surface area contributed by atoms with Gasteiger partial charge in [-0.15, -0.1) is 0 Å². The molecule has 1 aliphatic heterocycles. The molecule has 0 saturated heterocycles. The average Bonchev–Trinajstić information content (AvgIpc) is 2.55. The predicted molar refractivity (Wildman–Crippen MR) is 79.5 cm³/mol. The topological polar surface area (TPSA) is 171 Å². The number of aromatic hydroxyl groups is 2. The van der Waals surface area contributed by atoms with E-state index in [4.69, 9.17) is 9.03 Å². The van der Waals surface area contributed by atoms with Gasteiger partial charge in [0.1, 0.15) is 4.29 Å². The second-order valence-electron chi connectivity index (χ2n) is 5.66. The van der Waals surface area contributed by atoms with Gasteiger partial charge in [0.2, 0.25) is 0 Å². The van der Waals surface area contributed by atoms with Crippen LogP contribution in [0.2, 0.25) is 0 Å². The fraction of sp³-hybridized carbons (Fsp3) is 0.125. The summed E-state index contributed by atoms with van der Waals surface area (Å²) in [7, 11) is -5.02. The second kappa shape index (κ2) is 6.37. The van der Waals surface area contributed by atoms with Crippen LogP contribution in [-0.4, -0.2) is 15.1 Å². The number of non-ortho nitro benzene ring substituents is 1. The molecule has 2 aromatic rings. The molecule has 2 aromatic carbocycles. The van der Waals surface area contributed by atoms with E-state index in [0.717, 1.165) is 36.4 Å². The van der Waals surface area contributed by atoms with Crippen LogP contribution in [0.5, 0.6) is 11.5 Å². The number of allylic oxidation sites excluding steroid dienone is 1. The minimum absolute atomic E-state index is 0.0567. The standard InChI is InChI=1S/C16H12ClNO9/c1-9-6-10-7-14(19)15(20)8-13(10)16(26-9,27-17(21,22)23)11-2-4-12(5-3-11)18(24)25/h2-8,19-20H,1H3. The Morgan fingerprint density at radius 2 is 1.70 bits per heavy atom. The van der Waals surface area contributed by atoms with Gasteiger partial charge in [-0.3, -0.25) is 10.1 Å². The van der Waals surface area contributed by atoms with Gasteiger partial charge in [-0.2, -0.15) is 14.0 Å². The molecular formula is C16H12ClNO9. The van der Waals surface area contributed by atoms with Gasteiger partial charge in [-0.1, -0.05) is 0 Å². The minimum Gasteiger partial charge on any atom is -0.504 e. The maximum Gasteiger partial charge on any atom is 0.415 e. The van der Waals surface area contributed by atoms with E-state index >= 15 is 0 Å². The first-order chi connectivity index (χ1) is 12.5. The third kappa shape index (κ3) is 3.52. The molecule has 0 amide bonds. The van der Waals surface area contributed by atoms with Gasteiger partial charge in [-0.25, -0.2) is 0 Å². The summed E-state index contributed by atoms with van der Waals surface area (Å²) in [5, 5.41) is 30.4. The summed E-state index contributed by atoms with van der Waals surface area (Å²) in [6, 6.07) is 6.58. The Morgan fingerprint density at radius 3 is 2.26 bits per heavy atom. The number of nitro benzene ring substituents is 1. The monoisotopic (exact) mass is 397 g/mol. The van der Waals surface area contributed by atoms with Crippen molar-refractivity contribution in [2.45, 2.75) is 12.7 Å². The summed E-state index contributed by atoms with van der Waals surface area (Å²) in [5.74, 6) is -3.32. The predicted octanol–water partition coefficient (Wildman–Crippen LogP) is -0.488. The molecule has 0 bridgehead atoms. The van der Waals surface area contributed by atoms with Gasteiger partial charge >= 0.3 is 5.79 Å². The SMILES string of the molecule is CC1=Cc2cc(O)c(O)cc2C(O[Cl+3]([O-])([O-])[O-])(c2ccc([N+](=O)[O-])cc2)O1. The summed E-state index contributed by atoms with van der Waals surface area (Å²) in [6.07, 6.45) is 1.43. The highest BCUT2D eigenvalue weighted by atomic mass is 35.7. The number of benzene rings is 2. The van der Waals surface area contributed by atoms with E-state index in [1.54, 1.807) is 0 Å². The third-order valence-corrected chi connectivity index (χ3v) is 4.23. The van der Waals surface area contributed by atoms with Crippen LogP contribution in [0.15, 0.2) is 42.2 Å². The Labute approximate surface area is 154 Å². The minimum atomic E-state index is -5.02. The van der Waals surface area contributed by atoms with E-state index in [9.17, 15) is 34.3 Å². The first-order valence-electron chi connectivity index (χ1n) is 7.32. The smallest absolute Gasteiger partial charge is 0.415 e. The summed E-state index contributed by atoms with van der Waals surface area (Å²) in [6.45, 7) is 1.45. The molecule has 27 heavy (non-hydrogen) atoms. The number of hydrogen-bond acceptors (Lipinski definition) is 9. The number of phenols is 2. The summed E-state index contributed by atoms with van der Waals surface area (Å²) in [4.78, 5) is 10.2. The molecule has 1 aliphatic rings. The number of nitrogens with zero attached hydrogens (tertiary/aromatic N) is 1. The van der Waals surface area contributed by atoms with Gasteiger partial charge in [-0.05, 0) is 42.8 Å². The van der Waals surface area contributed by atoms with Gasteiger partial charge in [0, 0.05) is 17.7 Å². The maximum absolute atomic E-state index is 11.4. The third-order valence-electron chi connectivity index (χ3n) is 3.83. The maximum atomic E-state index is 11.4. The number of ether oxygens (including phenoxy) is 1. The molecule has 0 aliphatic carbocycles. The van der Waals surface area contributed by atoms with Crippen LogP contribution in [0.25, 0.3) is 6.08 Å². The molecule has 1 atom stereocenters. The van der Waals surface area contributed by atoms with Crippen LogP contribution in [0.1, 0.15) is 23.6 Å². The highest BCUT2D eigenvalue weighted by Gasteiger charge is 2.55. The largest absolute Gasteiger partial charge is 0.504 e. The number of nitro groups is 1. The molecule has 0 aromatic heterocycles. The number of fused-ring (bicyclic) bond motifs is 1. The number of halogens is 1. The van der Waals surface area contributed by atoms with E-state index in [0.29, 0.717) is 0 Å². The van der Waals surface area contributed by atoms with Crippen LogP contribution in [-0.2, 0) is 14.8 Å². The number of phenolic OH excluding ortho intramolecular Hbond substituents is 2. The zero-order valence-electron chi connectivity index (χ0n) is 13.6. The van der Waals surface area contributed by atoms with Crippen molar-refractivity contribution in [2.75, 3.05) is 0 Å². The van der Waals surface area contributed by atoms with E-state index in [-0.39, 0.29) is 28.1 Å². The number of hydrogen-bond donors (Lipinski definition) is 2. The van der Waals surface area contributed by atoms with Crippen LogP contribution in [0.4, 0.5) is 5.69 Å². The number of rotatable bonds is 4.